The van der Waals surface area contributed by atoms with Crippen molar-refractivity contribution in [3.05, 3.63) is 66.7 Å². The SMILES string of the molecule is COc1ccc(OC)c(CC(=O)Nc2ccc(-n3ccnc3)cc2)c1. The number of hydrogen-bond donors (Lipinski definition) is 1. The number of ether oxygens (including phenoxy) is 2. The van der Waals surface area contributed by atoms with Gasteiger partial charge in [0.2, 0.25) is 5.91 Å². The molecule has 0 atom stereocenters. The van der Waals surface area contributed by atoms with Crippen LogP contribution in [-0.2, 0) is 11.2 Å². The molecule has 0 bridgehead atoms. The Hall–Kier alpha value is -3.28. The Balaban J connectivity index is 1.68. The Labute approximate surface area is 146 Å². The van der Waals surface area contributed by atoms with Gasteiger partial charge in [0.1, 0.15) is 11.5 Å². The number of carbonyl (C=O) groups is 1. The number of anilines is 1. The number of amides is 1. The molecule has 1 aromatic heterocycles. The van der Waals surface area contributed by atoms with Crippen LogP contribution < -0.4 is 14.8 Å². The van der Waals surface area contributed by atoms with E-state index in [9.17, 15) is 4.79 Å². The zero-order valence-electron chi connectivity index (χ0n) is 14.1. The first-order chi connectivity index (χ1) is 12.2. The van der Waals surface area contributed by atoms with Crippen LogP contribution in [0.15, 0.2) is 61.2 Å². The summed E-state index contributed by atoms with van der Waals surface area (Å²) in [6.45, 7) is 0. The first-order valence-corrected chi connectivity index (χ1v) is 7.79. The molecule has 2 aromatic carbocycles. The van der Waals surface area contributed by atoms with Gasteiger partial charge in [-0.1, -0.05) is 0 Å². The molecule has 1 N–H and O–H groups in total. The third-order valence-electron chi connectivity index (χ3n) is 3.79. The lowest BCUT2D eigenvalue weighted by Crippen LogP contribution is -2.15. The summed E-state index contributed by atoms with van der Waals surface area (Å²) < 4.78 is 12.4. The van der Waals surface area contributed by atoms with Crippen LogP contribution in [0.3, 0.4) is 0 Å². The van der Waals surface area contributed by atoms with Crippen molar-refractivity contribution in [1.82, 2.24) is 9.55 Å². The van der Waals surface area contributed by atoms with Crippen molar-refractivity contribution in [1.29, 1.82) is 0 Å². The highest BCUT2D eigenvalue weighted by molar-refractivity contribution is 5.92. The maximum absolute atomic E-state index is 12.3. The van der Waals surface area contributed by atoms with E-state index in [1.54, 1.807) is 44.9 Å². The second-order valence-electron chi connectivity index (χ2n) is 5.42. The molecule has 0 radical (unpaired) electrons. The molecule has 3 aromatic rings. The predicted octanol–water partition coefficient (Wildman–Crippen LogP) is 3.07. The van der Waals surface area contributed by atoms with Gasteiger partial charge < -0.3 is 19.4 Å². The molecule has 0 saturated carbocycles. The fourth-order valence-electron chi connectivity index (χ4n) is 2.53. The molecule has 0 spiro atoms. The molecule has 6 heteroatoms. The van der Waals surface area contributed by atoms with Gasteiger partial charge in [0.05, 0.1) is 27.0 Å². The zero-order valence-corrected chi connectivity index (χ0v) is 14.1. The molecule has 25 heavy (non-hydrogen) atoms. The van der Waals surface area contributed by atoms with Crippen molar-refractivity contribution in [3.8, 4) is 17.2 Å². The molecule has 3 rings (SSSR count). The van der Waals surface area contributed by atoms with E-state index in [2.05, 4.69) is 10.3 Å². The van der Waals surface area contributed by atoms with Crippen LogP contribution in [0.25, 0.3) is 5.69 Å². The molecular weight excluding hydrogens is 318 g/mol. The van der Waals surface area contributed by atoms with Crippen LogP contribution in [0.1, 0.15) is 5.56 Å². The Morgan fingerprint density at radius 2 is 1.92 bits per heavy atom. The van der Waals surface area contributed by atoms with E-state index >= 15 is 0 Å². The van der Waals surface area contributed by atoms with Crippen LogP contribution in [-0.4, -0.2) is 29.7 Å². The van der Waals surface area contributed by atoms with Gasteiger partial charge in [-0.15, -0.1) is 0 Å². The van der Waals surface area contributed by atoms with Crippen molar-refractivity contribution in [2.24, 2.45) is 0 Å². The second kappa shape index (κ2) is 7.53. The third kappa shape index (κ3) is 3.98. The van der Waals surface area contributed by atoms with Gasteiger partial charge in [0.25, 0.3) is 0 Å². The molecule has 0 aliphatic heterocycles. The molecule has 0 aliphatic carbocycles. The van der Waals surface area contributed by atoms with Crippen LogP contribution in [0.2, 0.25) is 0 Å². The van der Waals surface area contributed by atoms with E-state index in [0.29, 0.717) is 11.5 Å². The smallest absolute Gasteiger partial charge is 0.228 e. The van der Waals surface area contributed by atoms with E-state index in [-0.39, 0.29) is 12.3 Å². The summed E-state index contributed by atoms with van der Waals surface area (Å²) in [5.74, 6) is 1.22. The number of methoxy groups -OCH3 is 2. The second-order valence-corrected chi connectivity index (χ2v) is 5.42. The van der Waals surface area contributed by atoms with E-state index in [4.69, 9.17) is 9.47 Å². The zero-order chi connectivity index (χ0) is 17.6. The van der Waals surface area contributed by atoms with E-state index in [0.717, 1.165) is 16.9 Å². The first kappa shape index (κ1) is 16.6. The Morgan fingerprint density at radius 1 is 1.12 bits per heavy atom. The Morgan fingerprint density at radius 3 is 2.56 bits per heavy atom. The lowest BCUT2D eigenvalue weighted by molar-refractivity contribution is -0.115. The number of rotatable bonds is 6. The monoisotopic (exact) mass is 337 g/mol. The maximum Gasteiger partial charge on any atom is 0.228 e. The lowest BCUT2D eigenvalue weighted by atomic mass is 10.1. The van der Waals surface area contributed by atoms with Crippen molar-refractivity contribution in [2.75, 3.05) is 19.5 Å². The highest BCUT2D eigenvalue weighted by Gasteiger charge is 2.11. The van der Waals surface area contributed by atoms with E-state index in [1.165, 1.54) is 0 Å². The van der Waals surface area contributed by atoms with Crippen LogP contribution >= 0.6 is 0 Å². The summed E-state index contributed by atoms with van der Waals surface area (Å²) in [7, 11) is 3.17. The van der Waals surface area contributed by atoms with Gasteiger partial charge >= 0.3 is 0 Å². The normalized spacial score (nSPS) is 10.3. The molecule has 128 valence electrons. The van der Waals surface area contributed by atoms with Gasteiger partial charge in [-0.25, -0.2) is 4.98 Å². The Kier molecular flexibility index (Phi) is 4.99. The fourth-order valence-corrected chi connectivity index (χ4v) is 2.53. The third-order valence-corrected chi connectivity index (χ3v) is 3.79. The van der Waals surface area contributed by atoms with Crippen molar-refractivity contribution in [2.45, 2.75) is 6.42 Å². The average molecular weight is 337 g/mol. The number of carbonyl (C=O) groups excluding carboxylic acids is 1. The van der Waals surface area contributed by atoms with Crippen molar-refractivity contribution < 1.29 is 14.3 Å². The number of imidazole rings is 1. The summed E-state index contributed by atoms with van der Waals surface area (Å²) in [6.07, 6.45) is 5.51. The molecule has 0 aliphatic rings. The number of hydrogen-bond acceptors (Lipinski definition) is 4. The molecule has 6 nitrogen and oxygen atoms in total. The minimum absolute atomic E-state index is 0.123. The summed E-state index contributed by atoms with van der Waals surface area (Å²) in [5.41, 5.74) is 2.48. The van der Waals surface area contributed by atoms with Crippen LogP contribution in [0, 0.1) is 0 Å². The predicted molar refractivity (Wildman–Crippen MR) is 95.4 cm³/mol. The fraction of sp³-hybridized carbons (Fsp3) is 0.158. The molecule has 0 fully saturated rings. The topological polar surface area (TPSA) is 65.4 Å². The van der Waals surface area contributed by atoms with Crippen LogP contribution in [0.4, 0.5) is 5.69 Å². The van der Waals surface area contributed by atoms with Gasteiger partial charge in [-0.05, 0) is 42.5 Å². The number of aromatic nitrogens is 2. The van der Waals surface area contributed by atoms with Crippen molar-refractivity contribution >= 4 is 11.6 Å². The maximum atomic E-state index is 12.3. The molecule has 1 heterocycles. The minimum Gasteiger partial charge on any atom is -0.497 e. The number of nitrogens with zero attached hydrogens (tertiary/aromatic N) is 2. The molecule has 1 amide bonds. The first-order valence-electron chi connectivity index (χ1n) is 7.79. The number of benzene rings is 2. The van der Waals surface area contributed by atoms with Gasteiger partial charge in [-0.3, -0.25) is 4.79 Å². The summed E-state index contributed by atoms with van der Waals surface area (Å²) in [6, 6.07) is 13.0. The largest absolute Gasteiger partial charge is 0.497 e. The highest BCUT2D eigenvalue weighted by Crippen LogP contribution is 2.24. The van der Waals surface area contributed by atoms with Gasteiger partial charge in [0.15, 0.2) is 0 Å². The quantitative estimate of drug-likeness (QED) is 0.751. The van der Waals surface area contributed by atoms with Gasteiger partial charge in [-0.2, -0.15) is 0 Å². The Bertz CT molecular complexity index is 843. The minimum atomic E-state index is -0.123. The average Bonchev–Trinajstić information content (AvgIpc) is 3.17. The molecule has 0 unspecified atom stereocenters. The lowest BCUT2D eigenvalue weighted by Gasteiger charge is -2.11. The highest BCUT2D eigenvalue weighted by atomic mass is 16.5. The summed E-state index contributed by atoms with van der Waals surface area (Å²) in [4.78, 5) is 16.4. The van der Waals surface area contributed by atoms with E-state index in [1.807, 2.05) is 35.0 Å². The number of nitrogens with one attached hydrogen (secondary N) is 1. The standard InChI is InChI=1S/C19H19N3O3/c1-24-17-7-8-18(25-2)14(11-17)12-19(23)21-15-3-5-16(6-4-15)22-10-9-20-13-22/h3-11,13H,12H2,1-2H3,(H,21,23). The van der Waals surface area contributed by atoms with Crippen molar-refractivity contribution in [3.63, 3.8) is 0 Å². The molecular formula is C19H19N3O3. The summed E-state index contributed by atoms with van der Waals surface area (Å²) >= 11 is 0. The van der Waals surface area contributed by atoms with E-state index < -0.39 is 0 Å². The van der Waals surface area contributed by atoms with Gasteiger partial charge in [0, 0.05) is 29.3 Å². The van der Waals surface area contributed by atoms with Crippen LogP contribution in [0.5, 0.6) is 11.5 Å². The summed E-state index contributed by atoms with van der Waals surface area (Å²) in [5, 5.41) is 2.89. The molecule has 0 saturated heterocycles.